The molecule has 0 aliphatic heterocycles. The van der Waals surface area contributed by atoms with Gasteiger partial charge in [0.1, 0.15) is 0 Å². The lowest BCUT2D eigenvalue weighted by molar-refractivity contribution is 0.671. The minimum atomic E-state index is 0.414. The lowest BCUT2D eigenvalue weighted by atomic mass is 9.95. The smallest absolute Gasteiger partial charge is 0.0299 e. The van der Waals surface area contributed by atoms with Crippen LogP contribution in [0.25, 0.3) is 0 Å². The molecule has 1 saturated carbocycles. The average Bonchev–Trinajstić information content (AvgIpc) is 2.53. The maximum Gasteiger partial charge on any atom is 0.0299 e. The molecule has 1 aromatic rings. The van der Waals surface area contributed by atoms with Crippen molar-refractivity contribution in [3.63, 3.8) is 0 Å². The van der Waals surface area contributed by atoms with Crippen molar-refractivity contribution < 1.29 is 0 Å². The number of pyridine rings is 1. The number of hydrogen-bond donors (Lipinski definition) is 1. The van der Waals surface area contributed by atoms with Crippen LogP contribution < -0.4 is 5.73 Å². The van der Waals surface area contributed by atoms with E-state index in [1.807, 2.05) is 12.4 Å². The Kier molecular flexibility index (Phi) is 2.32. The highest BCUT2D eigenvalue weighted by Gasteiger charge is 2.23. The van der Waals surface area contributed by atoms with Gasteiger partial charge in [-0.05, 0) is 49.3 Å². The molecule has 2 heteroatoms. The normalized spacial score (nSPS) is 27.8. The maximum absolute atomic E-state index is 5.90. The number of hydrogen-bond acceptors (Lipinski definition) is 2. The summed E-state index contributed by atoms with van der Waals surface area (Å²) >= 11 is 0. The van der Waals surface area contributed by atoms with Gasteiger partial charge in [-0.15, -0.1) is 0 Å². The Labute approximate surface area is 79.2 Å². The molecule has 2 N–H and O–H groups in total. The second-order valence-electron chi connectivity index (χ2n) is 4.00. The molecule has 0 radical (unpaired) electrons. The predicted molar refractivity (Wildman–Crippen MR) is 53.5 cm³/mol. The molecule has 2 nitrogen and oxygen atoms in total. The molecule has 0 spiro atoms. The Morgan fingerprint density at radius 1 is 1.46 bits per heavy atom. The van der Waals surface area contributed by atoms with E-state index >= 15 is 0 Å². The van der Waals surface area contributed by atoms with E-state index in [0.717, 1.165) is 6.42 Å². The van der Waals surface area contributed by atoms with E-state index in [0.29, 0.717) is 12.0 Å². The van der Waals surface area contributed by atoms with E-state index < -0.39 is 0 Å². The highest BCUT2D eigenvalue weighted by Crippen LogP contribution is 2.34. The van der Waals surface area contributed by atoms with Crippen LogP contribution in [-0.4, -0.2) is 11.0 Å². The highest BCUT2D eigenvalue weighted by atomic mass is 14.7. The predicted octanol–water partition coefficient (Wildman–Crippen LogP) is 1.98. The molecule has 2 rings (SSSR count). The molecular weight excluding hydrogens is 160 g/mol. The summed E-state index contributed by atoms with van der Waals surface area (Å²) in [5.41, 5.74) is 8.65. The third-order valence-electron chi connectivity index (χ3n) is 2.98. The summed E-state index contributed by atoms with van der Waals surface area (Å²) in [6, 6.07) is 2.55. The van der Waals surface area contributed by atoms with E-state index in [4.69, 9.17) is 5.73 Å². The van der Waals surface area contributed by atoms with Gasteiger partial charge in [-0.3, -0.25) is 4.98 Å². The quantitative estimate of drug-likeness (QED) is 0.710. The summed E-state index contributed by atoms with van der Waals surface area (Å²) in [5, 5.41) is 0. The van der Waals surface area contributed by atoms with Crippen molar-refractivity contribution in [1.82, 2.24) is 4.98 Å². The maximum atomic E-state index is 5.90. The Hall–Kier alpha value is -0.890. The van der Waals surface area contributed by atoms with Crippen LogP contribution in [0.5, 0.6) is 0 Å². The first-order chi connectivity index (χ1) is 6.27. The highest BCUT2D eigenvalue weighted by molar-refractivity contribution is 5.26. The van der Waals surface area contributed by atoms with Crippen molar-refractivity contribution in [3.8, 4) is 0 Å². The van der Waals surface area contributed by atoms with Crippen LogP contribution in [0.1, 0.15) is 36.3 Å². The summed E-state index contributed by atoms with van der Waals surface area (Å²) in [6.07, 6.45) is 7.38. The monoisotopic (exact) mass is 176 g/mol. The van der Waals surface area contributed by atoms with Crippen LogP contribution in [-0.2, 0) is 0 Å². The Balaban J connectivity index is 2.21. The Bertz CT molecular complexity index is 296. The number of rotatable bonds is 1. The van der Waals surface area contributed by atoms with Crippen LogP contribution in [0.2, 0.25) is 0 Å². The fraction of sp³-hybridized carbons (Fsp3) is 0.545. The standard InChI is InChI=1S/C11H16N2/c1-8-7-13-5-4-11(8)9-2-3-10(12)6-9/h4-5,7,9-10H,2-3,6,12H2,1H3. The fourth-order valence-electron chi connectivity index (χ4n) is 2.24. The molecule has 2 unspecified atom stereocenters. The first-order valence-corrected chi connectivity index (χ1v) is 4.93. The van der Waals surface area contributed by atoms with Gasteiger partial charge < -0.3 is 5.73 Å². The summed E-state index contributed by atoms with van der Waals surface area (Å²) in [6.45, 7) is 2.13. The molecule has 2 atom stereocenters. The second kappa shape index (κ2) is 3.46. The lowest BCUT2D eigenvalue weighted by Crippen LogP contribution is -2.14. The summed E-state index contributed by atoms with van der Waals surface area (Å²) in [5.74, 6) is 0.679. The van der Waals surface area contributed by atoms with E-state index in [9.17, 15) is 0 Å². The molecule has 1 aliphatic rings. The summed E-state index contributed by atoms with van der Waals surface area (Å²) in [7, 11) is 0. The molecule has 0 aromatic carbocycles. The summed E-state index contributed by atoms with van der Waals surface area (Å²) in [4.78, 5) is 4.10. The van der Waals surface area contributed by atoms with Gasteiger partial charge in [0.2, 0.25) is 0 Å². The molecule has 0 amide bonds. The molecule has 1 fully saturated rings. The molecule has 0 saturated heterocycles. The number of nitrogens with two attached hydrogens (primary N) is 1. The zero-order chi connectivity index (χ0) is 9.26. The van der Waals surface area contributed by atoms with Gasteiger partial charge in [0.05, 0.1) is 0 Å². The summed E-state index contributed by atoms with van der Waals surface area (Å²) < 4.78 is 0. The van der Waals surface area contributed by atoms with Gasteiger partial charge in [0, 0.05) is 18.4 Å². The minimum Gasteiger partial charge on any atom is -0.328 e. The van der Waals surface area contributed by atoms with E-state index in [2.05, 4.69) is 18.0 Å². The average molecular weight is 176 g/mol. The van der Waals surface area contributed by atoms with Gasteiger partial charge in [0.15, 0.2) is 0 Å². The number of aryl methyl sites for hydroxylation is 1. The Morgan fingerprint density at radius 2 is 2.31 bits per heavy atom. The van der Waals surface area contributed by atoms with Crippen molar-refractivity contribution in [2.24, 2.45) is 5.73 Å². The lowest BCUT2D eigenvalue weighted by Gasteiger charge is -2.12. The molecule has 13 heavy (non-hydrogen) atoms. The first kappa shape index (κ1) is 8.70. The van der Waals surface area contributed by atoms with Crippen LogP contribution in [0.15, 0.2) is 18.5 Å². The molecule has 1 aromatic heterocycles. The minimum absolute atomic E-state index is 0.414. The third-order valence-corrected chi connectivity index (χ3v) is 2.98. The van der Waals surface area contributed by atoms with E-state index in [1.165, 1.54) is 24.0 Å². The van der Waals surface area contributed by atoms with Crippen LogP contribution in [0, 0.1) is 6.92 Å². The van der Waals surface area contributed by atoms with Crippen LogP contribution in [0.3, 0.4) is 0 Å². The number of nitrogens with zero attached hydrogens (tertiary/aromatic N) is 1. The molecule has 70 valence electrons. The SMILES string of the molecule is Cc1cnccc1C1CCC(N)C1. The van der Waals surface area contributed by atoms with Gasteiger partial charge >= 0.3 is 0 Å². The van der Waals surface area contributed by atoms with Crippen molar-refractivity contribution in [2.45, 2.75) is 38.1 Å². The van der Waals surface area contributed by atoms with Crippen molar-refractivity contribution >= 4 is 0 Å². The zero-order valence-corrected chi connectivity index (χ0v) is 8.03. The molecule has 1 aliphatic carbocycles. The van der Waals surface area contributed by atoms with Crippen molar-refractivity contribution in [1.29, 1.82) is 0 Å². The van der Waals surface area contributed by atoms with Gasteiger partial charge in [0.25, 0.3) is 0 Å². The van der Waals surface area contributed by atoms with Crippen LogP contribution in [0.4, 0.5) is 0 Å². The van der Waals surface area contributed by atoms with E-state index in [-0.39, 0.29) is 0 Å². The first-order valence-electron chi connectivity index (χ1n) is 4.93. The zero-order valence-electron chi connectivity index (χ0n) is 8.03. The van der Waals surface area contributed by atoms with Crippen LogP contribution >= 0.6 is 0 Å². The van der Waals surface area contributed by atoms with Gasteiger partial charge in [-0.1, -0.05) is 0 Å². The largest absolute Gasteiger partial charge is 0.328 e. The number of aromatic nitrogens is 1. The fourth-order valence-corrected chi connectivity index (χ4v) is 2.24. The molecular formula is C11H16N2. The Morgan fingerprint density at radius 3 is 2.92 bits per heavy atom. The van der Waals surface area contributed by atoms with Crippen molar-refractivity contribution in [3.05, 3.63) is 29.6 Å². The third kappa shape index (κ3) is 1.73. The topological polar surface area (TPSA) is 38.9 Å². The van der Waals surface area contributed by atoms with Gasteiger partial charge in [-0.2, -0.15) is 0 Å². The molecule has 1 heterocycles. The van der Waals surface area contributed by atoms with E-state index in [1.54, 1.807) is 0 Å². The van der Waals surface area contributed by atoms with Gasteiger partial charge in [-0.25, -0.2) is 0 Å². The molecule has 0 bridgehead atoms. The second-order valence-corrected chi connectivity index (χ2v) is 4.00. The van der Waals surface area contributed by atoms with Crippen molar-refractivity contribution in [2.75, 3.05) is 0 Å².